The van der Waals surface area contributed by atoms with Crippen molar-refractivity contribution in [3.8, 4) is 5.75 Å². The minimum absolute atomic E-state index is 0.0536. The molecule has 2 aliphatic heterocycles. The second-order valence-corrected chi connectivity index (χ2v) is 7.44. The van der Waals surface area contributed by atoms with E-state index in [0.29, 0.717) is 18.0 Å². The van der Waals surface area contributed by atoms with Crippen molar-refractivity contribution in [2.24, 2.45) is 5.92 Å². The topological polar surface area (TPSA) is 58.6 Å². The number of carboxylic acids is 1. The zero-order chi connectivity index (χ0) is 15.5. The Labute approximate surface area is 139 Å². The van der Waals surface area contributed by atoms with E-state index < -0.39 is 5.97 Å². The van der Waals surface area contributed by atoms with Crippen molar-refractivity contribution in [3.05, 3.63) is 28.8 Å². The van der Waals surface area contributed by atoms with Crippen LogP contribution in [0.1, 0.15) is 30.9 Å². The van der Waals surface area contributed by atoms with Crippen molar-refractivity contribution >= 4 is 29.3 Å². The molecule has 0 saturated carbocycles. The van der Waals surface area contributed by atoms with Crippen LogP contribution in [0, 0.1) is 5.92 Å². The molecule has 0 aromatic heterocycles. The Balaban J connectivity index is 1.65. The third-order valence-electron chi connectivity index (χ3n) is 4.25. The third-order valence-corrected chi connectivity index (χ3v) is 5.73. The minimum Gasteiger partial charge on any atom is -0.488 e. The molecule has 3 unspecified atom stereocenters. The fourth-order valence-corrected chi connectivity index (χ4v) is 4.26. The number of aliphatic carboxylic acids is 1. The molecular weight excluding hydrogens is 322 g/mol. The van der Waals surface area contributed by atoms with E-state index in [2.05, 4.69) is 5.32 Å². The van der Waals surface area contributed by atoms with Crippen molar-refractivity contribution < 1.29 is 14.6 Å². The molecule has 22 heavy (non-hydrogen) atoms. The fraction of sp³-hybridized carbons (Fsp3) is 0.562. The lowest BCUT2D eigenvalue weighted by atomic mass is 10.00. The number of rotatable bonds is 4. The van der Waals surface area contributed by atoms with Gasteiger partial charge >= 0.3 is 5.97 Å². The lowest BCUT2D eigenvalue weighted by Crippen LogP contribution is -2.23. The molecule has 0 amide bonds. The molecule has 0 aliphatic carbocycles. The smallest absolute Gasteiger partial charge is 0.307 e. The summed E-state index contributed by atoms with van der Waals surface area (Å²) in [6, 6.07) is 5.85. The zero-order valence-electron chi connectivity index (χ0n) is 12.3. The van der Waals surface area contributed by atoms with E-state index in [9.17, 15) is 4.79 Å². The first-order valence-corrected chi connectivity index (χ1v) is 9.17. The number of hydrogen-bond acceptors (Lipinski definition) is 4. The number of halogens is 1. The molecule has 1 aromatic carbocycles. The quantitative estimate of drug-likeness (QED) is 0.879. The maximum Gasteiger partial charge on any atom is 0.307 e. The molecular formula is C16H20ClNO3S. The highest BCUT2D eigenvalue weighted by Gasteiger charge is 2.30. The van der Waals surface area contributed by atoms with Gasteiger partial charge in [0, 0.05) is 18.3 Å². The molecule has 2 saturated heterocycles. The standard InChI is InChI=1S/C16H20ClNO3S/c17-13-6-10(14-7-11(8-18-14)16(19)20)3-4-15(13)21-12-2-1-5-22-9-12/h3-4,6,11-12,14,18H,1-2,5,7-9H2,(H,19,20). The van der Waals surface area contributed by atoms with Crippen LogP contribution in [0.4, 0.5) is 0 Å². The summed E-state index contributed by atoms with van der Waals surface area (Å²) >= 11 is 8.27. The average Bonchev–Trinajstić information content (AvgIpc) is 3.00. The van der Waals surface area contributed by atoms with Crippen LogP contribution in [0.25, 0.3) is 0 Å². The number of benzene rings is 1. The van der Waals surface area contributed by atoms with Gasteiger partial charge < -0.3 is 15.2 Å². The highest BCUT2D eigenvalue weighted by atomic mass is 35.5. The fourth-order valence-electron chi connectivity index (χ4n) is 2.99. The first kappa shape index (κ1) is 16.0. The van der Waals surface area contributed by atoms with E-state index in [4.69, 9.17) is 21.4 Å². The molecule has 3 atom stereocenters. The predicted molar refractivity (Wildman–Crippen MR) is 88.9 cm³/mol. The number of carboxylic acid groups (broad SMARTS) is 1. The molecule has 2 N–H and O–H groups in total. The Morgan fingerprint density at radius 1 is 1.45 bits per heavy atom. The molecule has 3 rings (SSSR count). The second-order valence-electron chi connectivity index (χ2n) is 5.88. The van der Waals surface area contributed by atoms with Crippen LogP contribution in [0.15, 0.2) is 18.2 Å². The molecule has 2 heterocycles. The van der Waals surface area contributed by atoms with Crippen LogP contribution in [-0.2, 0) is 4.79 Å². The highest BCUT2D eigenvalue weighted by Crippen LogP contribution is 2.34. The molecule has 120 valence electrons. The van der Waals surface area contributed by atoms with Gasteiger partial charge in [-0.3, -0.25) is 4.79 Å². The first-order chi connectivity index (χ1) is 10.6. The lowest BCUT2D eigenvalue weighted by molar-refractivity contribution is -0.141. The Morgan fingerprint density at radius 2 is 2.32 bits per heavy atom. The number of hydrogen-bond donors (Lipinski definition) is 2. The molecule has 0 bridgehead atoms. The summed E-state index contributed by atoms with van der Waals surface area (Å²) in [7, 11) is 0. The van der Waals surface area contributed by atoms with Gasteiger partial charge in [-0.05, 0) is 42.7 Å². The minimum atomic E-state index is -0.740. The Hall–Kier alpha value is -0.910. The summed E-state index contributed by atoms with van der Waals surface area (Å²) in [5.74, 6) is 1.90. The molecule has 2 fully saturated rings. The Kier molecular flexibility index (Phi) is 5.16. The van der Waals surface area contributed by atoms with E-state index in [0.717, 1.165) is 23.5 Å². The van der Waals surface area contributed by atoms with E-state index >= 15 is 0 Å². The van der Waals surface area contributed by atoms with Gasteiger partial charge in [0.05, 0.1) is 10.9 Å². The van der Waals surface area contributed by atoms with Gasteiger partial charge in [0.1, 0.15) is 11.9 Å². The van der Waals surface area contributed by atoms with Crippen LogP contribution in [0.5, 0.6) is 5.75 Å². The van der Waals surface area contributed by atoms with Crippen molar-refractivity contribution in [1.82, 2.24) is 5.32 Å². The van der Waals surface area contributed by atoms with E-state index in [1.807, 2.05) is 30.0 Å². The maximum atomic E-state index is 11.0. The first-order valence-electron chi connectivity index (χ1n) is 7.63. The van der Waals surface area contributed by atoms with Crippen LogP contribution in [-0.4, -0.2) is 35.2 Å². The van der Waals surface area contributed by atoms with Crippen LogP contribution in [0.3, 0.4) is 0 Å². The highest BCUT2D eigenvalue weighted by molar-refractivity contribution is 7.99. The van der Waals surface area contributed by atoms with Crippen molar-refractivity contribution in [2.75, 3.05) is 18.1 Å². The molecule has 0 spiro atoms. The summed E-state index contributed by atoms with van der Waals surface area (Å²) in [5, 5.41) is 12.9. The molecule has 1 aromatic rings. The predicted octanol–water partition coefficient (Wildman–Crippen LogP) is 3.35. The largest absolute Gasteiger partial charge is 0.488 e. The van der Waals surface area contributed by atoms with Crippen LogP contribution < -0.4 is 10.1 Å². The molecule has 4 nitrogen and oxygen atoms in total. The third kappa shape index (κ3) is 3.70. The second kappa shape index (κ2) is 7.11. The zero-order valence-corrected chi connectivity index (χ0v) is 13.8. The lowest BCUT2D eigenvalue weighted by Gasteiger charge is -2.23. The summed E-state index contributed by atoms with van der Waals surface area (Å²) < 4.78 is 6.00. The number of carbonyl (C=O) groups is 1. The van der Waals surface area contributed by atoms with Crippen molar-refractivity contribution in [1.29, 1.82) is 0 Å². The van der Waals surface area contributed by atoms with E-state index in [-0.39, 0.29) is 18.1 Å². The molecule has 6 heteroatoms. The monoisotopic (exact) mass is 341 g/mol. The van der Waals surface area contributed by atoms with Gasteiger partial charge in [-0.1, -0.05) is 17.7 Å². The van der Waals surface area contributed by atoms with Crippen LogP contribution in [0.2, 0.25) is 5.02 Å². The van der Waals surface area contributed by atoms with Crippen molar-refractivity contribution in [2.45, 2.75) is 31.4 Å². The Morgan fingerprint density at radius 3 is 2.95 bits per heavy atom. The van der Waals surface area contributed by atoms with Gasteiger partial charge in [0.25, 0.3) is 0 Å². The van der Waals surface area contributed by atoms with Gasteiger partial charge in [-0.2, -0.15) is 11.8 Å². The molecule has 2 aliphatic rings. The maximum absolute atomic E-state index is 11.0. The number of ether oxygens (including phenoxy) is 1. The Bertz CT molecular complexity index is 548. The van der Waals surface area contributed by atoms with Gasteiger partial charge in [-0.25, -0.2) is 0 Å². The van der Waals surface area contributed by atoms with Gasteiger partial charge in [-0.15, -0.1) is 0 Å². The van der Waals surface area contributed by atoms with E-state index in [1.165, 1.54) is 12.2 Å². The van der Waals surface area contributed by atoms with Gasteiger partial charge in [0.2, 0.25) is 0 Å². The summed E-state index contributed by atoms with van der Waals surface area (Å²) in [6.07, 6.45) is 3.11. The van der Waals surface area contributed by atoms with E-state index in [1.54, 1.807) is 0 Å². The van der Waals surface area contributed by atoms with Gasteiger partial charge in [0.15, 0.2) is 0 Å². The summed E-state index contributed by atoms with van der Waals surface area (Å²) in [4.78, 5) is 11.0. The summed E-state index contributed by atoms with van der Waals surface area (Å²) in [5.41, 5.74) is 1.03. The van der Waals surface area contributed by atoms with Crippen LogP contribution >= 0.6 is 23.4 Å². The molecule has 0 radical (unpaired) electrons. The number of thioether (sulfide) groups is 1. The number of nitrogens with one attached hydrogen (secondary N) is 1. The average molecular weight is 342 g/mol. The summed E-state index contributed by atoms with van der Waals surface area (Å²) in [6.45, 7) is 0.509. The SMILES string of the molecule is O=C(O)C1CNC(c2ccc(OC3CCCSC3)c(Cl)c2)C1. The normalized spacial score (nSPS) is 28.5. The van der Waals surface area contributed by atoms with Crippen molar-refractivity contribution in [3.63, 3.8) is 0 Å².